The van der Waals surface area contributed by atoms with Crippen molar-refractivity contribution in [3.05, 3.63) is 77.2 Å². The molecule has 2 aromatic rings. The molecule has 91 valence electrons. The van der Waals surface area contributed by atoms with Crippen LogP contribution in [0.15, 0.2) is 48.5 Å². The van der Waals surface area contributed by atoms with Gasteiger partial charge in [-0.05, 0) is 44.2 Å². The lowest BCUT2D eigenvalue weighted by Crippen LogP contribution is -2.36. The van der Waals surface area contributed by atoms with Crippen molar-refractivity contribution in [3.63, 3.8) is 0 Å². The first-order valence-electron chi connectivity index (χ1n) is 6.69. The Hall–Kier alpha value is -1.56. The Morgan fingerprint density at radius 3 is 1.67 bits per heavy atom. The molecular weight excluding hydrogens is 216 g/mol. The molecule has 0 aromatic heterocycles. The van der Waals surface area contributed by atoms with Gasteiger partial charge in [-0.2, -0.15) is 0 Å². The van der Waals surface area contributed by atoms with Crippen molar-refractivity contribution >= 4 is 0 Å². The molecule has 1 aliphatic carbocycles. The Bertz CT molecular complexity index is 514. The predicted molar refractivity (Wildman–Crippen MR) is 76.7 cm³/mol. The molecule has 0 heterocycles. The summed E-state index contributed by atoms with van der Waals surface area (Å²) in [6.45, 7) is 4.35. The molecule has 0 bridgehead atoms. The summed E-state index contributed by atoms with van der Waals surface area (Å²) >= 11 is 0. The second kappa shape index (κ2) is 4.28. The largest absolute Gasteiger partial charge is 0.0617 e. The summed E-state index contributed by atoms with van der Waals surface area (Å²) in [5.41, 5.74) is 5.75. The topological polar surface area (TPSA) is 0 Å². The number of hydrogen-bond donors (Lipinski definition) is 0. The van der Waals surface area contributed by atoms with Crippen LogP contribution in [-0.2, 0) is 5.41 Å². The molecule has 0 N–H and O–H groups in total. The first-order valence-corrected chi connectivity index (χ1v) is 6.69. The SMILES string of the molecule is Cc1cccc(C2(c3cccc(C)c3)[CH]CC2)c1. The van der Waals surface area contributed by atoms with E-state index >= 15 is 0 Å². The van der Waals surface area contributed by atoms with Gasteiger partial charge in [0.2, 0.25) is 0 Å². The molecule has 18 heavy (non-hydrogen) atoms. The number of hydrogen-bond acceptors (Lipinski definition) is 0. The Morgan fingerprint density at radius 2 is 1.33 bits per heavy atom. The molecule has 2 aromatic carbocycles. The van der Waals surface area contributed by atoms with E-state index in [9.17, 15) is 0 Å². The van der Waals surface area contributed by atoms with Crippen LogP contribution in [0, 0.1) is 20.3 Å². The van der Waals surface area contributed by atoms with Gasteiger partial charge < -0.3 is 0 Å². The van der Waals surface area contributed by atoms with Crippen molar-refractivity contribution < 1.29 is 0 Å². The predicted octanol–water partition coefficient (Wildman–Crippen LogP) is 4.59. The minimum absolute atomic E-state index is 0.165. The highest BCUT2D eigenvalue weighted by Gasteiger charge is 2.40. The highest BCUT2D eigenvalue weighted by molar-refractivity contribution is 5.48. The minimum Gasteiger partial charge on any atom is -0.0617 e. The van der Waals surface area contributed by atoms with E-state index in [1.165, 1.54) is 35.1 Å². The molecule has 0 spiro atoms. The Balaban J connectivity index is 2.10. The first-order chi connectivity index (χ1) is 8.71. The third-order valence-electron chi connectivity index (χ3n) is 4.10. The fourth-order valence-electron chi connectivity index (χ4n) is 2.97. The standard InChI is InChI=1S/C18H19/c1-14-6-3-8-16(12-14)18(10-5-11-18)17-9-4-7-15(2)13-17/h3-4,6-10,12-13H,5,11H2,1-2H3. The highest BCUT2D eigenvalue weighted by Crippen LogP contribution is 2.48. The molecule has 0 saturated heterocycles. The van der Waals surface area contributed by atoms with Gasteiger partial charge in [0.05, 0.1) is 0 Å². The van der Waals surface area contributed by atoms with Crippen molar-refractivity contribution in [1.82, 2.24) is 0 Å². The van der Waals surface area contributed by atoms with Gasteiger partial charge in [-0.1, -0.05) is 59.7 Å². The molecule has 0 amide bonds. The molecule has 0 atom stereocenters. The maximum absolute atomic E-state index is 2.47. The van der Waals surface area contributed by atoms with Crippen LogP contribution in [0.1, 0.15) is 35.1 Å². The van der Waals surface area contributed by atoms with Crippen LogP contribution in [0.2, 0.25) is 0 Å². The van der Waals surface area contributed by atoms with Gasteiger partial charge >= 0.3 is 0 Å². The summed E-state index contributed by atoms with van der Waals surface area (Å²) in [5.74, 6) is 0. The molecule has 1 aliphatic rings. The van der Waals surface area contributed by atoms with E-state index in [4.69, 9.17) is 0 Å². The summed E-state index contributed by atoms with van der Waals surface area (Å²) in [5, 5.41) is 0. The summed E-state index contributed by atoms with van der Waals surface area (Å²) in [4.78, 5) is 0. The van der Waals surface area contributed by atoms with Gasteiger partial charge in [0.1, 0.15) is 0 Å². The van der Waals surface area contributed by atoms with Gasteiger partial charge in [-0.15, -0.1) is 0 Å². The van der Waals surface area contributed by atoms with Gasteiger partial charge in [0, 0.05) is 5.41 Å². The molecule has 0 unspecified atom stereocenters. The van der Waals surface area contributed by atoms with Gasteiger partial charge in [0.25, 0.3) is 0 Å². The van der Waals surface area contributed by atoms with Gasteiger partial charge in [-0.25, -0.2) is 0 Å². The third-order valence-corrected chi connectivity index (χ3v) is 4.10. The fraction of sp³-hybridized carbons (Fsp3) is 0.278. The molecule has 1 fully saturated rings. The van der Waals surface area contributed by atoms with Crippen molar-refractivity contribution in [1.29, 1.82) is 0 Å². The van der Waals surface area contributed by atoms with E-state index in [2.05, 4.69) is 68.8 Å². The Kier molecular flexibility index (Phi) is 2.74. The molecule has 0 aliphatic heterocycles. The monoisotopic (exact) mass is 235 g/mol. The quantitative estimate of drug-likeness (QED) is 0.714. The summed E-state index contributed by atoms with van der Waals surface area (Å²) in [6.07, 6.45) is 4.93. The molecular formula is C18H19. The molecule has 1 radical (unpaired) electrons. The smallest absolute Gasteiger partial charge is 0.0234 e. The number of benzene rings is 2. The van der Waals surface area contributed by atoms with E-state index in [-0.39, 0.29) is 5.41 Å². The van der Waals surface area contributed by atoms with E-state index in [1.807, 2.05) is 0 Å². The van der Waals surface area contributed by atoms with E-state index < -0.39 is 0 Å². The lowest BCUT2D eigenvalue weighted by molar-refractivity contribution is 0.418. The average Bonchev–Trinajstić information content (AvgIpc) is 2.28. The summed E-state index contributed by atoms with van der Waals surface area (Å²) in [7, 11) is 0. The van der Waals surface area contributed by atoms with Crippen LogP contribution in [0.5, 0.6) is 0 Å². The molecule has 1 saturated carbocycles. The Morgan fingerprint density at radius 1 is 0.833 bits per heavy atom. The lowest BCUT2D eigenvalue weighted by atomic mass is 9.60. The first kappa shape index (κ1) is 11.5. The minimum atomic E-state index is 0.165. The normalized spacial score (nSPS) is 17.2. The highest BCUT2D eigenvalue weighted by atomic mass is 14.4. The number of aryl methyl sites for hydroxylation is 2. The lowest BCUT2D eigenvalue weighted by Gasteiger charge is -2.43. The zero-order chi connectivity index (χ0) is 12.6. The second-order valence-corrected chi connectivity index (χ2v) is 5.45. The van der Waals surface area contributed by atoms with Crippen LogP contribution < -0.4 is 0 Å². The maximum atomic E-state index is 2.47. The summed E-state index contributed by atoms with van der Waals surface area (Å²) in [6, 6.07) is 17.9. The van der Waals surface area contributed by atoms with Crippen LogP contribution in [0.25, 0.3) is 0 Å². The van der Waals surface area contributed by atoms with Crippen LogP contribution >= 0.6 is 0 Å². The third kappa shape index (κ3) is 1.77. The van der Waals surface area contributed by atoms with Crippen molar-refractivity contribution in [3.8, 4) is 0 Å². The van der Waals surface area contributed by atoms with Crippen LogP contribution in [0.3, 0.4) is 0 Å². The zero-order valence-corrected chi connectivity index (χ0v) is 11.1. The molecule has 3 rings (SSSR count). The van der Waals surface area contributed by atoms with E-state index in [1.54, 1.807) is 0 Å². The number of rotatable bonds is 2. The summed E-state index contributed by atoms with van der Waals surface area (Å²) < 4.78 is 0. The van der Waals surface area contributed by atoms with Crippen LogP contribution in [-0.4, -0.2) is 0 Å². The Labute approximate surface area is 110 Å². The van der Waals surface area contributed by atoms with Crippen molar-refractivity contribution in [2.24, 2.45) is 0 Å². The van der Waals surface area contributed by atoms with Gasteiger partial charge in [0.15, 0.2) is 0 Å². The molecule has 0 nitrogen and oxygen atoms in total. The fourth-order valence-corrected chi connectivity index (χ4v) is 2.97. The van der Waals surface area contributed by atoms with Crippen LogP contribution in [0.4, 0.5) is 0 Å². The second-order valence-electron chi connectivity index (χ2n) is 5.45. The van der Waals surface area contributed by atoms with Crippen molar-refractivity contribution in [2.45, 2.75) is 32.1 Å². The average molecular weight is 235 g/mol. The van der Waals surface area contributed by atoms with E-state index in [0.717, 1.165) is 0 Å². The molecule has 0 heteroatoms. The van der Waals surface area contributed by atoms with Crippen molar-refractivity contribution in [2.75, 3.05) is 0 Å². The van der Waals surface area contributed by atoms with Gasteiger partial charge in [-0.3, -0.25) is 0 Å². The maximum Gasteiger partial charge on any atom is 0.0234 e. The zero-order valence-electron chi connectivity index (χ0n) is 11.1. The van der Waals surface area contributed by atoms with E-state index in [0.29, 0.717) is 0 Å².